The first-order valence-electron chi connectivity index (χ1n) is 17.2. The van der Waals surface area contributed by atoms with Crippen LogP contribution in [0.1, 0.15) is 155 Å². The van der Waals surface area contributed by atoms with Crippen LogP contribution in [0.2, 0.25) is 0 Å². The summed E-state index contributed by atoms with van der Waals surface area (Å²) in [5.74, 6) is -1.31. The largest absolute Gasteiger partial charge is 0.481 e. The van der Waals surface area contributed by atoms with E-state index in [1.165, 1.54) is 89.9 Å². The topological polar surface area (TPSA) is 97.5 Å². The van der Waals surface area contributed by atoms with Crippen molar-refractivity contribution < 1.29 is 28.5 Å². The SMILES string of the molecule is CCCCCCCCCCCC[N+](CCCCCCCCCCCC)(C(=O)C[N+](C)(C)C)C(=O)[C@H](N)CCC(=O)O. The number of hydrogen-bond acceptors (Lipinski definition) is 4. The van der Waals surface area contributed by atoms with Gasteiger partial charge in [-0.3, -0.25) is 4.79 Å². The fourth-order valence-electron chi connectivity index (χ4n) is 5.70. The Kier molecular flexibility index (Phi) is 23.4. The molecule has 7 nitrogen and oxygen atoms in total. The zero-order valence-electron chi connectivity index (χ0n) is 27.9. The highest BCUT2D eigenvalue weighted by molar-refractivity contribution is 5.88. The molecule has 0 saturated carbocycles. The highest BCUT2D eigenvalue weighted by atomic mass is 16.4. The number of hydrogen-bond donors (Lipinski definition) is 2. The van der Waals surface area contributed by atoms with Crippen LogP contribution in [-0.2, 0) is 14.4 Å². The Labute approximate surface area is 253 Å². The van der Waals surface area contributed by atoms with E-state index in [0.29, 0.717) is 17.6 Å². The number of imide groups is 1. The zero-order valence-corrected chi connectivity index (χ0v) is 27.9. The van der Waals surface area contributed by atoms with Crippen LogP contribution >= 0.6 is 0 Å². The lowest BCUT2D eigenvalue weighted by Gasteiger charge is -2.37. The lowest BCUT2D eigenvalue weighted by Crippen LogP contribution is -2.66. The van der Waals surface area contributed by atoms with Gasteiger partial charge in [0.1, 0.15) is 6.04 Å². The summed E-state index contributed by atoms with van der Waals surface area (Å²) in [7, 11) is 5.92. The van der Waals surface area contributed by atoms with E-state index in [2.05, 4.69) is 13.8 Å². The molecule has 0 spiro atoms. The van der Waals surface area contributed by atoms with Gasteiger partial charge in [0.15, 0.2) is 6.54 Å². The van der Waals surface area contributed by atoms with Crippen molar-refractivity contribution in [1.82, 2.24) is 0 Å². The van der Waals surface area contributed by atoms with E-state index >= 15 is 0 Å². The first-order valence-corrected chi connectivity index (χ1v) is 17.2. The van der Waals surface area contributed by atoms with E-state index in [4.69, 9.17) is 5.73 Å². The highest BCUT2D eigenvalue weighted by Gasteiger charge is 2.47. The summed E-state index contributed by atoms with van der Waals surface area (Å²) in [6.45, 7) is 5.69. The molecule has 41 heavy (non-hydrogen) atoms. The summed E-state index contributed by atoms with van der Waals surface area (Å²) in [4.78, 5) is 39.0. The van der Waals surface area contributed by atoms with Gasteiger partial charge in [-0.25, -0.2) is 9.59 Å². The van der Waals surface area contributed by atoms with Crippen LogP contribution in [0.3, 0.4) is 0 Å². The molecule has 0 aromatic rings. The standard InChI is InChI=1S/C34H68N3O4/c1-6-8-10-12-14-16-18-20-22-24-28-37(32(38)30-36(3,4)5,34(41)31(35)26-27-33(39)40)29-25-23-21-19-17-15-13-11-9-7-2/h31H,6-30,35H2,1-5H3/q+1/p+1/t31-/m1/s1. The van der Waals surface area contributed by atoms with E-state index in [-0.39, 0.29) is 35.7 Å². The van der Waals surface area contributed by atoms with E-state index in [1.54, 1.807) is 0 Å². The smallest absolute Gasteiger partial charge is 0.375 e. The van der Waals surface area contributed by atoms with Crippen molar-refractivity contribution in [2.75, 3.05) is 40.8 Å². The van der Waals surface area contributed by atoms with Crippen molar-refractivity contribution in [3.05, 3.63) is 0 Å². The fraction of sp³-hybridized carbons (Fsp3) is 0.912. The van der Waals surface area contributed by atoms with Crippen LogP contribution in [0.15, 0.2) is 0 Å². The van der Waals surface area contributed by atoms with Crippen LogP contribution < -0.4 is 5.73 Å². The number of amides is 2. The third-order valence-corrected chi connectivity index (χ3v) is 8.28. The number of carboxylic acids is 1. The minimum absolute atomic E-state index is 0.0693. The average molecular weight is 584 g/mol. The predicted molar refractivity (Wildman–Crippen MR) is 171 cm³/mol. The Morgan fingerprint density at radius 1 is 0.610 bits per heavy atom. The highest BCUT2D eigenvalue weighted by Crippen LogP contribution is 2.21. The Hall–Kier alpha value is -1.31. The lowest BCUT2D eigenvalue weighted by atomic mass is 10.0. The summed E-state index contributed by atoms with van der Waals surface area (Å²) in [6, 6.07) is -0.936. The molecule has 3 N–H and O–H groups in total. The van der Waals surface area contributed by atoms with E-state index in [0.717, 1.165) is 38.5 Å². The maximum atomic E-state index is 13.9. The molecule has 0 aliphatic heterocycles. The number of nitrogens with zero attached hydrogens (tertiary/aromatic N) is 2. The molecule has 0 aromatic heterocycles. The van der Waals surface area contributed by atoms with E-state index in [1.807, 2.05) is 21.1 Å². The van der Waals surface area contributed by atoms with Crippen molar-refractivity contribution in [3.8, 4) is 0 Å². The Bertz CT molecular complexity index is 666. The molecule has 2 amide bonds. The van der Waals surface area contributed by atoms with Crippen LogP contribution in [-0.4, -0.2) is 78.7 Å². The van der Waals surface area contributed by atoms with Crippen molar-refractivity contribution in [1.29, 1.82) is 0 Å². The van der Waals surface area contributed by atoms with Crippen molar-refractivity contribution >= 4 is 17.8 Å². The maximum absolute atomic E-state index is 13.9. The molecule has 0 aromatic carbocycles. The number of likely N-dealkylation sites (N-methyl/N-ethyl adjacent to an activating group) is 1. The molecular weight excluding hydrogens is 514 g/mol. The number of nitrogens with two attached hydrogens (primary N) is 1. The van der Waals surface area contributed by atoms with Gasteiger partial charge in [0.25, 0.3) is 0 Å². The third-order valence-electron chi connectivity index (χ3n) is 8.28. The molecule has 0 aliphatic rings. The Balaban J connectivity index is 5.27. The Morgan fingerprint density at radius 2 is 0.951 bits per heavy atom. The van der Waals surface area contributed by atoms with Gasteiger partial charge < -0.3 is 15.3 Å². The van der Waals surface area contributed by atoms with Gasteiger partial charge >= 0.3 is 17.8 Å². The monoisotopic (exact) mass is 584 g/mol. The molecule has 0 unspecified atom stereocenters. The summed E-state index contributed by atoms with van der Waals surface area (Å²) in [5, 5.41) is 9.18. The number of carbonyl (C=O) groups is 3. The van der Waals surface area contributed by atoms with Gasteiger partial charge in [-0.2, -0.15) is 4.48 Å². The number of quaternary nitrogens is 2. The predicted octanol–water partition coefficient (Wildman–Crippen LogP) is 7.60. The number of rotatable bonds is 28. The molecule has 0 saturated heterocycles. The van der Waals surface area contributed by atoms with Gasteiger partial charge in [0.05, 0.1) is 34.2 Å². The van der Waals surface area contributed by atoms with Gasteiger partial charge in [-0.05, 0) is 32.1 Å². The minimum Gasteiger partial charge on any atom is -0.481 e. The van der Waals surface area contributed by atoms with Crippen LogP contribution in [0.25, 0.3) is 0 Å². The molecule has 242 valence electrons. The van der Waals surface area contributed by atoms with Crippen molar-refractivity contribution in [2.45, 2.75) is 161 Å². The molecule has 0 radical (unpaired) electrons. The first-order chi connectivity index (χ1) is 19.5. The van der Waals surface area contributed by atoms with Gasteiger partial charge in [0.2, 0.25) is 0 Å². The Morgan fingerprint density at radius 3 is 1.27 bits per heavy atom. The number of aliphatic carboxylic acids is 1. The minimum atomic E-state index is -0.964. The molecular formula is C34H69N3O4+2. The van der Waals surface area contributed by atoms with E-state index in [9.17, 15) is 19.5 Å². The molecule has 0 bridgehead atoms. The zero-order chi connectivity index (χ0) is 31.0. The van der Waals surface area contributed by atoms with Crippen LogP contribution in [0.5, 0.6) is 0 Å². The third kappa shape index (κ3) is 20.3. The average Bonchev–Trinajstić information content (AvgIpc) is 2.91. The lowest BCUT2D eigenvalue weighted by molar-refractivity contribution is -0.878. The molecule has 7 heteroatoms. The van der Waals surface area contributed by atoms with Crippen LogP contribution in [0, 0.1) is 0 Å². The van der Waals surface area contributed by atoms with Gasteiger partial charge in [-0.1, -0.05) is 117 Å². The van der Waals surface area contributed by atoms with Gasteiger partial charge in [0, 0.05) is 6.42 Å². The molecule has 0 aliphatic carbocycles. The molecule has 0 heterocycles. The second-order valence-corrected chi connectivity index (χ2v) is 13.5. The fourth-order valence-corrected chi connectivity index (χ4v) is 5.70. The molecule has 0 fully saturated rings. The number of unbranched alkanes of at least 4 members (excludes halogenated alkanes) is 18. The molecule has 0 rings (SSSR count). The normalized spacial score (nSPS) is 12.9. The summed E-state index contributed by atoms with van der Waals surface area (Å²) < 4.78 is 0.233. The first kappa shape index (κ1) is 39.7. The quantitative estimate of drug-likeness (QED) is 0.0730. The number of carbonyl (C=O) groups excluding carboxylic acids is 2. The number of carboxylic acid groups (broad SMARTS) is 1. The van der Waals surface area contributed by atoms with Crippen molar-refractivity contribution in [3.63, 3.8) is 0 Å². The van der Waals surface area contributed by atoms with Crippen molar-refractivity contribution in [2.24, 2.45) is 5.73 Å². The second-order valence-electron chi connectivity index (χ2n) is 13.5. The van der Waals surface area contributed by atoms with Gasteiger partial charge in [-0.15, -0.1) is 0 Å². The summed E-state index contributed by atoms with van der Waals surface area (Å²) in [6.07, 6.45) is 23.7. The molecule has 1 atom stereocenters. The summed E-state index contributed by atoms with van der Waals surface area (Å²) in [5.41, 5.74) is 6.31. The summed E-state index contributed by atoms with van der Waals surface area (Å²) >= 11 is 0. The van der Waals surface area contributed by atoms with Crippen LogP contribution in [0.4, 0.5) is 0 Å². The second kappa shape index (κ2) is 24.2. The maximum Gasteiger partial charge on any atom is 0.375 e. The van der Waals surface area contributed by atoms with E-state index < -0.39 is 12.0 Å².